The van der Waals surface area contributed by atoms with Crippen LogP contribution in [0.5, 0.6) is 11.5 Å². The molecule has 0 aliphatic rings. The fourth-order valence-corrected chi connectivity index (χ4v) is 2.95. The number of carbonyl (C=O) groups is 1. The lowest BCUT2D eigenvalue weighted by Crippen LogP contribution is -2.13. The molecule has 0 N–H and O–H groups in total. The van der Waals surface area contributed by atoms with Crippen molar-refractivity contribution in [1.82, 2.24) is 0 Å². The Morgan fingerprint density at radius 3 is 1.74 bits per heavy atom. The third kappa shape index (κ3) is 4.13. The summed E-state index contributed by atoms with van der Waals surface area (Å²) in [5, 5.41) is 0. The third-order valence-electron chi connectivity index (χ3n) is 4.22. The topological polar surface area (TPSA) is 35.5 Å². The van der Waals surface area contributed by atoms with Gasteiger partial charge in [-0.2, -0.15) is 0 Å². The predicted octanol–water partition coefficient (Wildman–Crippen LogP) is 4.57. The molecule has 2 aromatic carbocycles. The zero-order valence-electron chi connectivity index (χ0n) is 14.0. The molecule has 2 aromatic rings. The Labute approximate surface area is 138 Å². The number of ether oxygens (including phenoxy) is 2. The maximum absolute atomic E-state index is 11.8. The molecule has 2 atom stereocenters. The van der Waals surface area contributed by atoms with E-state index in [9.17, 15) is 4.79 Å². The van der Waals surface area contributed by atoms with Gasteiger partial charge in [-0.1, -0.05) is 37.6 Å². The average Bonchev–Trinajstić information content (AvgIpc) is 2.62. The first kappa shape index (κ1) is 17.1. The van der Waals surface area contributed by atoms with Crippen LogP contribution in [-0.2, 0) is 4.79 Å². The van der Waals surface area contributed by atoms with Crippen LogP contribution in [0.3, 0.4) is 0 Å². The van der Waals surface area contributed by atoms with E-state index in [1.807, 2.05) is 36.4 Å². The van der Waals surface area contributed by atoms with Crippen LogP contribution in [0.2, 0.25) is 0 Å². The molecule has 0 aliphatic heterocycles. The van der Waals surface area contributed by atoms with Crippen molar-refractivity contribution in [3.8, 4) is 11.5 Å². The Hall–Kier alpha value is -2.29. The first-order valence-electron chi connectivity index (χ1n) is 7.96. The minimum atomic E-state index is -0.158. The van der Waals surface area contributed by atoms with Crippen molar-refractivity contribution in [2.45, 2.75) is 31.6 Å². The summed E-state index contributed by atoms with van der Waals surface area (Å²) in [5.74, 6) is 1.64. The molecular formula is C20H24O3. The van der Waals surface area contributed by atoms with Gasteiger partial charge >= 0.3 is 0 Å². The monoisotopic (exact) mass is 312 g/mol. The SMILES string of the molecule is CCCC(c1ccc(OC)cc1)C(C=O)c1ccc(OC)cc1. The van der Waals surface area contributed by atoms with Crippen LogP contribution in [0.4, 0.5) is 0 Å². The Morgan fingerprint density at radius 2 is 1.35 bits per heavy atom. The standard InChI is InChI=1S/C20H24O3/c1-4-5-19(15-6-10-17(22-2)11-7-15)20(14-21)16-8-12-18(23-3)13-9-16/h6-14,19-20H,4-5H2,1-3H3. The molecule has 0 saturated carbocycles. The molecule has 0 saturated heterocycles. The summed E-state index contributed by atoms with van der Waals surface area (Å²) in [6.45, 7) is 2.15. The van der Waals surface area contributed by atoms with Gasteiger partial charge in [-0.3, -0.25) is 0 Å². The zero-order valence-corrected chi connectivity index (χ0v) is 14.0. The second kappa shape index (κ2) is 8.37. The molecule has 23 heavy (non-hydrogen) atoms. The highest BCUT2D eigenvalue weighted by atomic mass is 16.5. The molecule has 2 unspecified atom stereocenters. The molecule has 0 bridgehead atoms. The number of aldehydes is 1. The highest BCUT2D eigenvalue weighted by Gasteiger charge is 2.24. The third-order valence-corrected chi connectivity index (χ3v) is 4.22. The van der Waals surface area contributed by atoms with Crippen molar-refractivity contribution >= 4 is 6.29 Å². The quantitative estimate of drug-likeness (QED) is 0.670. The lowest BCUT2D eigenvalue weighted by Gasteiger charge is -2.24. The van der Waals surface area contributed by atoms with Crippen LogP contribution >= 0.6 is 0 Å². The van der Waals surface area contributed by atoms with Crippen LogP contribution in [0.1, 0.15) is 42.7 Å². The fraction of sp³-hybridized carbons (Fsp3) is 0.350. The van der Waals surface area contributed by atoms with E-state index in [1.54, 1.807) is 14.2 Å². The number of methoxy groups -OCH3 is 2. The maximum atomic E-state index is 11.8. The molecule has 0 amide bonds. The van der Waals surface area contributed by atoms with Crippen molar-refractivity contribution in [3.63, 3.8) is 0 Å². The molecule has 122 valence electrons. The van der Waals surface area contributed by atoms with Gasteiger partial charge in [-0.15, -0.1) is 0 Å². The maximum Gasteiger partial charge on any atom is 0.128 e. The fourth-order valence-electron chi connectivity index (χ4n) is 2.95. The number of carbonyl (C=O) groups excluding carboxylic acids is 1. The number of hydrogen-bond acceptors (Lipinski definition) is 3. The van der Waals surface area contributed by atoms with E-state index in [-0.39, 0.29) is 11.8 Å². The summed E-state index contributed by atoms with van der Waals surface area (Å²) in [7, 11) is 3.30. The van der Waals surface area contributed by atoms with Gasteiger partial charge in [0.1, 0.15) is 17.8 Å². The van der Waals surface area contributed by atoms with Gasteiger partial charge in [0.05, 0.1) is 14.2 Å². The van der Waals surface area contributed by atoms with Gasteiger partial charge < -0.3 is 14.3 Å². The summed E-state index contributed by atoms with van der Waals surface area (Å²) in [4.78, 5) is 11.8. The smallest absolute Gasteiger partial charge is 0.128 e. The summed E-state index contributed by atoms with van der Waals surface area (Å²) in [6.07, 6.45) is 3.05. The molecule has 2 rings (SSSR count). The van der Waals surface area contributed by atoms with E-state index >= 15 is 0 Å². The minimum Gasteiger partial charge on any atom is -0.497 e. The van der Waals surface area contributed by atoms with Crippen LogP contribution < -0.4 is 9.47 Å². The van der Waals surface area contributed by atoms with Gasteiger partial charge in [0, 0.05) is 5.92 Å². The van der Waals surface area contributed by atoms with Gasteiger partial charge in [-0.25, -0.2) is 0 Å². The van der Waals surface area contributed by atoms with E-state index in [2.05, 4.69) is 19.1 Å². The molecule has 0 spiro atoms. The van der Waals surface area contributed by atoms with E-state index in [1.165, 1.54) is 5.56 Å². The Balaban J connectivity index is 2.32. The van der Waals surface area contributed by atoms with Crippen LogP contribution in [-0.4, -0.2) is 20.5 Å². The Morgan fingerprint density at radius 1 is 0.870 bits per heavy atom. The summed E-state index contributed by atoms with van der Waals surface area (Å²) < 4.78 is 10.4. The second-order valence-electron chi connectivity index (χ2n) is 5.60. The highest BCUT2D eigenvalue weighted by Crippen LogP contribution is 2.36. The van der Waals surface area contributed by atoms with Gasteiger partial charge in [-0.05, 0) is 47.7 Å². The zero-order chi connectivity index (χ0) is 16.7. The van der Waals surface area contributed by atoms with Crippen molar-refractivity contribution in [2.75, 3.05) is 14.2 Å². The van der Waals surface area contributed by atoms with E-state index < -0.39 is 0 Å². The van der Waals surface area contributed by atoms with Gasteiger partial charge in [0.25, 0.3) is 0 Å². The number of rotatable bonds is 8. The highest BCUT2D eigenvalue weighted by molar-refractivity contribution is 5.65. The number of hydrogen-bond donors (Lipinski definition) is 0. The number of benzene rings is 2. The van der Waals surface area contributed by atoms with E-state index in [0.717, 1.165) is 36.2 Å². The second-order valence-corrected chi connectivity index (χ2v) is 5.60. The predicted molar refractivity (Wildman–Crippen MR) is 92.4 cm³/mol. The average molecular weight is 312 g/mol. The largest absolute Gasteiger partial charge is 0.497 e. The molecule has 0 heterocycles. The molecule has 0 fully saturated rings. The minimum absolute atomic E-state index is 0.158. The van der Waals surface area contributed by atoms with Gasteiger partial charge in [0.15, 0.2) is 0 Å². The van der Waals surface area contributed by atoms with Crippen molar-refractivity contribution in [1.29, 1.82) is 0 Å². The Kier molecular flexibility index (Phi) is 6.21. The van der Waals surface area contributed by atoms with Gasteiger partial charge in [0.2, 0.25) is 0 Å². The molecule has 0 radical (unpaired) electrons. The van der Waals surface area contributed by atoms with Crippen molar-refractivity contribution in [2.24, 2.45) is 0 Å². The van der Waals surface area contributed by atoms with E-state index in [4.69, 9.17) is 9.47 Å². The molecule has 0 aliphatic carbocycles. The normalized spacial score (nSPS) is 13.2. The summed E-state index contributed by atoms with van der Waals surface area (Å²) in [6, 6.07) is 15.8. The molecule has 0 aromatic heterocycles. The van der Waals surface area contributed by atoms with Crippen molar-refractivity contribution < 1.29 is 14.3 Å². The lowest BCUT2D eigenvalue weighted by atomic mass is 9.79. The first-order chi connectivity index (χ1) is 11.2. The van der Waals surface area contributed by atoms with Crippen LogP contribution in [0.15, 0.2) is 48.5 Å². The van der Waals surface area contributed by atoms with E-state index in [0.29, 0.717) is 0 Å². The lowest BCUT2D eigenvalue weighted by molar-refractivity contribution is -0.109. The molecule has 3 nitrogen and oxygen atoms in total. The molecule has 3 heteroatoms. The first-order valence-corrected chi connectivity index (χ1v) is 7.96. The van der Waals surface area contributed by atoms with Crippen LogP contribution in [0, 0.1) is 0 Å². The van der Waals surface area contributed by atoms with Crippen LogP contribution in [0.25, 0.3) is 0 Å². The molecular weight excluding hydrogens is 288 g/mol. The van der Waals surface area contributed by atoms with Crippen molar-refractivity contribution in [3.05, 3.63) is 59.7 Å². The summed E-state index contributed by atoms with van der Waals surface area (Å²) >= 11 is 0. The Bertz CT molecular complexity index is 602. The summed E-state index contributed by atoms with van der Waals surface area (Å²) in [5.41, 5.74) is 2.19.